The topological polar surface area (TPSA) is 53.6 Å². The Morgan fingerprint density at radius 2 is 1.74 bits per heavy atom. The SMILES string of the molecule is COc1ccc(-c2ccc(CN(C=O)CCCNC3NSc4ccccc43)cc2)cc1. The number of amides is 1. The first-order valence-corrected chi connectivity index (χ1v) is 11.3. The average molecular weight is 434 g/mol. The standard InChI is InChI=1S/C25H27N3O2S/c1-30-22-13-11-21(12-14-22)20-9-7-19(8-10-20)17-28(18-29)16-4-15-26-25-23-5-2-3-6-24(23)31-27-25/h2-3,5-14,18,25-27H,4,15-17H2,1H3. The molecular formula is C25H27N3O2S. The van der Waals surface area contributed by atoms with E-state index in [4.69, 9.17) is 4.74 Å². The molecule has 1 atom stereocenters. The smallest absolute Gasteiger partial charge is 0.210 e. The number of carbonyl (C=O) groups is 1. The summed E-state index contributed by atoms with van der Waals surface area (Å²) in [6, 6.07) is 24.8. The number of hydrogen-bond donors (Lipinski definition) is 2. The molecule has 0 bridgehead atoms. The van der Waals surface area contributed by atoms with Gasteiger partial charge in [0.15, 0.2) is 0 Å². The van der Waals surface area contributed by atoms with E-state index in [0.717, 1.165) is 48.4 Å². The molecule has 4 rings (SSSR count). The zero-order chi connectivity index (χ0) is 21.5. The number of benzene rings is 3. The van der Waals surface area contributed by atoms with E-state index in [9.17, 15) is 4.79 Å². The number of methoxy groups -OCH3 is 1. The largest absolute Gasteiger partial charge is 0.497 e. The van der Waals surface area contributed by atoms with E-state index in [-0.39, 0.29) is 6.17 Å². The lowest BCUT2D eigenvalue weighted by atomic mass is 10.0. The first-order valence-electron chi connectivity index (χ1n) is 10.4. The van der Waals surface area contributed by atoms with Crippen LogP contribution in [0.3, 0.4) is 0 Å². The Bertz CT molecular complexity index is 992. The lowest BCUT2D eigenvalue weighted by Gasteiger charge is -2.19. The molecule has 1 unspecified atom stereocenters. The predicted octanol–water partition coefficient (Wildman–Crippen LogP) is 4.61. The van der Waals surface area contributed by atoms with Gasteiger partial charge in [-0.1, -0.05) is 54.6 Å². The van der Waals surface area contributed by atoms with Crippen LogP contribution in [0.1, 0.15) is 23.7 Å². The summed E-state index contributed by atoms with van der Waals surface area (Å²) >= 11 is 1.66. The van der Waals surface area contributed by atoms with Crippen molar-refractivity contribution in [2.24, 2.45) is 0 Å². The number of nitrogens with zero attached hydrogens (tertiary/aromatic N) is 1. The maximum atomic E-state index is 11.6. The number of nitrogens with one attached hydrogen (secondary N) is 2. The molecule has 0 fully saturated rings. The third-order valence-electron chi connectivity index (χ3n) is 5.40. The predicted molar refractivity (Wildman–Crippen MR) is 126 cm³/mol. The van der Waals surface area contributed by atoms with Crippen molar-refractivity contribution >= 4 is 18.4 Å². The molecule has 31 heavy (non-hydrogen) atoms. The molecule has 160 valence electrons. The first kappa shape index (κ1) is 21.4. The van der Waals surface area contributed by atoms with Crippen molar-refractivity contribution < 1.29 is 9.53 Å². The van der Waals surface area contributed by atoms with Crippen LogP contribution in [-0.4, -0.2) is 31.5 Å². The maximum absolute atomic E-state index is 11.6. The summed E-state index contributed by atoms with van der Waals surface area (Å²) in [6.45, 7) is 2.18. The highest BCUT2D eigenvalue weighted by molar-refractivity contribution is 7.97. The zero-order valence-corrected chi connectivity index (χ0v) is 18.4. The van der Waals surface area contributed by atoms with Gasteiger partial charge in [-0.15, -0.1) is 0 Å². The highest BCUT2D eigenvalue weighted by Crippen LogP contribution is 2.32. The van der Waals surface area contributed by atoms with Crippen LogP contribution in [0.25, 0.3) is 11.1 Å². The van der Waals surface area contributed by atoms with Gasteiger partial charge in [0.2, 0.25) is 6.41 Å². The van der Waals surface area contributed by atoms with Crippen LogP contribution in [0.15, 0.2) is 77.7 Å². The molecule has 1 amide bonds. The van der Waals surface area contributed by atoms with Crippen LogP contribution < -0.4 is 14.8 Å². The van der Waals surface area contributed by atoms with Crippen LogP contribution in [0.4, 0.5) is 0 Å². The highest BCUT2D eigenvalue weighted by atomic mass is 32.2. The molecule has 0 radical (unpaired) electrons. The fourth-order valence-corrected chi connectivity index (χ4v) is 4.57. The molecule has 0 saturated heterocycles. The van der Waals surface area contributed by atoms with E-state index in [1.54, 1.807) is 19.1 Å². The van der Waals surface area contributed by atoms with Gasteiger partial charge in [0.25, 0.3) is 0 Å². The Morgan fingerprint density at radius 3 is 2.45 bits per heavy atom. The Kier molecular flexibility index (Phi) is 7.25. The van der Waals surface area contributed by atoms with Gasteiger partial charge in [0.05, 0.1) is 13.3 Å². The fourth-order valence-electron chi connectivity index (χ4n) is 3.67. The van der Waals surface area contributed by atoms with Gasteiger partial charge in [0, 0.05) is 18.0 Å². The molecule has 3 aromatic rings. The molecule has 1 aliphatic heterocycles. The summed E-state index contributed by atoms with van der Waals surface area (Å²) in [4.78, 5) is 14.6. The van der Waals surface area contributed by atoms with Crippen molar-refractivity contribution in [2.75, 3.05) is 20.2 Å². The Morgan fingerprint density at radius 1 is 1.03 bits per heavy atom. The summed E-state index contributed by atoms with van der Waals surface area (Å²) in [5.41, 5.74) is 4.71. The second-order valence-corrected chi connectivity index (χ2v) is 8.38. The number of rotatable bonds is 10. The molecule has 1 heterocycles. The monoisotopic (exact) mass is 433 g/mol. The minimum absolute atomic E-state index is 0.163. The third-order valence-corrected chi connectivity index (χ3v) is 6.34. The van der Waals surface area contributed by atoms with Crippen molar-refractivity contribution in [3.63, 3.8) is 0 Å². The van der Waals surface area contributed by atoms with Gasteiger partial charge in [0.1, 0.15) is 5.75 Å². The van der Waals surface area contributed by atoms with Crippen LogP contribution in [0, 0.1) is 0 Å². The molecule has 0 spiro atoms. The van der Waals surface area contributed by atoms with E-state index in [0.29, 0.717) is 6.54 Å². The number of fused-ring (bicyclic) bond motifs is 1. The van der Waals surface area contributed by atoms with Gasteiger partial charge >= 0.3 is 0 Å². The van der Waals surface area contributed by atoms with Crippen molar-refractivity contribution in [1.82, 2.24) is 14.9 Å². The van der Waals surface area contributed by atoms with E-state index in [1.807, 2.05) is 17.0 Å². The van der Waals surface area contributed by atoms with Crippen LogP contribution in [0.2, 0.25) is 0 Å². The number of hydrogen-bond acceptors (Lipinski definition) is 5. The second kappa shape index (κ2) is 10.5. The number of carbonyl (C=O) groups excluding carboxylic acids is 1. The quantitative estimate of drug-likeness (QED) is 0.278. The second-order valence-electron chi connectivity index (χ2n) is 7.50. The minimum Gasteiger partial charge on any atom is -0.497 e. The van der Waals surface area contributed by atoms with Gasteiger partial charge in [-0.05, 0) is 65.4 Å². The van der Waals surface area contributed by atoms with E-state index >= 15 is 0 Å². The summed E-state index contributed by atoms with van der Waals surface area (Å²) < 4.78 is 8.62. The van der Waals surface area contributed by atoms with Gasteiger partial charge in [-0.2, -0.15) is 0 Å². The lowest BCUT2D eigenvalue weighted by Crippen LogP contribution is -2.31. The molecule has 3 aromatic carbocycles. The van der Waals surface area contributed by atoms with E-state index < -0.39 is 0 Å². The third kappa shape index (κ3) is 5.47. The zero-order valence-electron chi connectivity index (χ0n) is 17.6. The maximum Gasteiger partial charge on any atom is 0.210 e. The Labute approximate surface area is 187 Å². The molecule has 0 aliphatic carbocycles. The van der Waals surface area contributed by atoms with Crippen molar-refractivity contribution in [3.05, 3.63) is 83.9 Å². The van der Waals surface area contributed by atoms with Gasteiger partial charge < -0.3 is 9.64 Å². The van der Waals surface area contributed by atoms with E-state index in [1.165, 1.54) is 10.5 Å². The molecule has 0 saturated carbocycles. The van der Waals surface area contributed by atoms with Gasteiger partial charge in [-0.25, -0.2) is 4.72 Å². The molecule has 0 aromatic heterocycles. The minimum atomic E-state index is 0.163. The number of ether oxygens (including phenoxy) is 1. The molecule has 2 N–H and O–H groups in total. The summed E-state index contributed by atoms with van der Waals surface area (Å²) in [7, 11) is 1.67. The summed E-state index contributed by atoms with van der Waals surface area (Å²) in [5.74, 6) is 0.850. The first-order chi connectivity index (χ1) is 15.3. The molecule has 6 heteroatoms. The van der Waals surface area contributed by atoms with Crippen LogP contribution in [-0.2, 0) is 11.3 Å². The van der Waals surface area contributed by atoms with Crippen molar-refractivity contribution in [2.45, 2.75) is 24.0 Å². The molecule has 5 nitrogen and oxygen atoms in total. The van der Waals surface area contributed by atoms with Crippen LogP contribution >= 0.6 is 11.9 Å². The molecular weight excluding hydrogens is 406 g/mol. The normalized spacial score (nSPS) is 14.8. The highest BCUT2D eigenvalue weighted by Gasteiger charge is 2.21. The fraction of sp³-hybridized carbons (Fsp3) is 0.240. The average Bonchev–Trinajstić information content (AvgIpc) is 3.24. The Hall–Kier alpha value is -2.80. The van der Waals surface area contributed by atoms with Crippen LogP contribution in [0.5, 0.6) is 5.75 Å². The molecule has 1 aliphatic rings. The summed E-state index contributed by atoms with van der Waals surface area (Å²) in [5, 5.41) is 3.53. The van der Waals surface area contributed by atoms with Crippen molar-refractivity contribution in [1.29, 1.82) is 0 Å². The van der Waals surface area contributed by atoms with Gasteiger partial charge in [-0.3, -0.25) is 10.1 Å². The Balaban J connectivity index is 1.25. The van der Waals surface area contributed by atoms with Crippen molar-refractivity contribution in [3.8, 4) is 16.9 Å². The van der Waals surface area contributed by atoms with E-state index in [2.05, 4.69) is 70.7 Å². The lowest BCUT2D eigenvalue weighted by molar-refractivity contribution is -0.118. The summed E-state index contributed by atoms with van der Waals surface area (Å²) in [6.07, 6.45) is 2.00.